The highest BCUT2D eigenvalue weighted by molar-refractivity contribution is 14.1. The molecule has 0 bridgehead atoms. The fourth-order valence-corrected chi connectivity index (χ4v) is 1.63. The van der Waals surface area contributed by atoms with Crippen LogP contribution in [0.3, 0.4) is 0 Å². The van der Waals surface area contributed by atoms with E-state index in [1.165, 1.54) is 30.1 Å². The molecule has 94 valence electrons. The van der Waals surface area contributed by atoms with Gasteiger partial charge in [-0.1, -0.05) is 10.9 Å². The molecule has 0 fully saturated rings. The first-order valence-corrected chi connectivity index (χ1v) is 6.06. The monoisotopic (exact) mass is 361 g/mol. The second kappa shape index (κ2) is 5.34. The molecule has 1 amide bonds. The molecule has 0 spiro atoms. The van der Waals surface area contributed by atoms with E-state index in [2.05, 4.69) is 5.10 Å². The molecule has 7 heteroatoms. The van der Waals surface area contributed by atoms with E-state index in [-0.39, 0.29) is 0 Å². The molecule has 0 aliphatic carbocycles. The summed E-state index contributed by atoms with van der Waals surface area (Å²) in [7, 11) is 1.49. The van der Waals surface area contributed by atoms with Crippen LogP contribution in [0.4, 0.5) is 14.9 Å². The van der Waals surface area contributed by atoms with E-state index in [1.54, 1.807) is 18.5 Å². The summed E-state index contributed by atoms with van der Waals surface area (Å²) in [5, 5.41) is 3.81. The predicted octanol–water partition coefficient (Wildman–Crippen LogP) is 2.31. The molecule has 0 radical (unpaired) electrons. The number of amides is 1. The molecule has 0 N–H and O–H groups in total. The quantitative estimate of drug-likeness (QED) is 0.772. The molecule has 2 aromatic rings. The minimum atomic E-state index is -0.653. The maximum atomic E-state index is 13.0. The van der Waals surface area contributed by atoms with Crippen LogP contribution in [0.5, 0.6) is 0 Å². The van der Waals surface area contributed by atoms with Crippen LogP contribution in [0.15, 0.2) is 36.7 Å². The van der Waals surface area contributed by atoms with Crippen molar-refractivity contribution in [3.05, 3.63) is 46.0 Å². The fourth-order valence-electron chi connectivity index (χ4n) is 1.27. The van der Waals surface area contributed by atoms with E-state index in [0.29, 0.717) is 5.69 Å². The Morgan fingerprint density at radius 3 is 2.94 bits per heavy atom. The summed E-state index contributed by atoms with van der Waals surface area (Å²) >= 11 is 2.04. The average molecular weight is 361 g/mol. The number of hydrogen-bond donors (Lipinski definition) is 0. The van der Waals surface area contributed by atoms with Crippen LogP contribution in [0.25, 0.3) is 0 Å². The number of rotatable bonds is 2. The molecule has 18 heavy (non-hydrogen) atoms. The van der Waals surface area contributed by atoms with Crippen LogP contribution in [0.1, 0.15) is 0 Å². The second-order valence-corrected chi connectivity index (χ2v) is 4.70. The Hall–Kier alpha value is -1.64. The molecule has 0 atom stereocenters. The largest absolute Gasteiger partial charge is 0.440 e. The van der Waals surface area contributed by atoms with Gasteiger partial charge >= 0.3 is 6.09 Å². The van der Waals surface area contributed by atoms with Gasteiger partial charge < -0.3 is 0 Å². The molecule has 0 unspecified atom stereocenters. The number of aromatic nitrogens is 2. The van der Waals surface area contributed by atoms with Gasteiger partial charge in [0.25, 0.3) is 0 Å². The summed E-state index contributed by atoms with van der Waals surface area (Å²) in [5.74, 6) is -0.416. The zero-order chi connectivity index (χ0) is 13.1. The molecule has 1 aromatic carbocycles. The number of anilines is 1. The fraction of sp³-hybridized carbons (Fsp3) is 0.0909. The number of carbonyl (C=O) groups is 1. The van der Waals surface area contributed by atoms with E-state index in [1.807, 2.05) is 22.6 Å². The van der Waals surface area contributed by atoms with Gasteiger partial charge in [-0.05, 0) is 40.8 Å². The Kier molecular flexibility index (Phi) is 3.80. The van der Waals surface area contributed by atoms with Crippen molar-refractivity contribution in [2.45, 2.75) is 0 Å². The van der Waals surface area contributed by atoms with Gasteiger partial charge in [0.1, 0.15) is 5.82 Å². The number of halogens is 2. The van der Waals surface area contributed by atoms with E-state index in [9.17, 15) is 9.18 Å². The van der Waals surface area contributed by atoms with E-state index < -0.39 is 11.9 Å². The summed E-state index contributed by atoms with van der Waals surface area (Å²) in [5.41, 5.74) is 0.404. The smallest absolute Gasteiger partial charge is 0.299 e. The van der Waals surface area contributed by atoms with Crippen LogP contribution in [0, 0.1) is 9.39 Å². The predicted molar refractivity (Wildman–Crippen MR) is 71.7 cm³/mol. The van der Waals surface area contributed by atoms with Gasteiger partial charge in [0.2, 0.25) is 0 Å². The Labute approximate surface area is 116 Å². The summed E-state index contributed by atoms with van der Waals surface area (Å²) in [6, 6.07) is 5.68. The van der Waals surface area contributed by atoms with Crippen molar-refractivity contribution < 1.29 is 14.0 Å². The zero-order valence-corrected chi connectivity index (χ0v) is 11.5. The molecule has 1 aromatic heterocycles. The summed E-state index contributed by atoms with van der Waals surface area (Å²) in [6.45, 7) is 0. The number of hydrogen-bond acceptors (Lipinski definition) is 3. The van der Waals surface area contributed by atoms with Crippen molar-refractivity contribution in [2.24, 2.45) is 0 Å². The van der Waals surface area contributed by atoms with Crippen molar-refractivity contribution in [3.63, 3.8) is 0 Å². The highest BCUT2D eigenvalue weighted by Crippen LogP contribution is 2.14. The highest BCUT2D eigenvalue weighted by Gasteiger charge is 2.14. The SMILES string of the molecule is CN(C(=O)On1cc(I)cn1)c1cccc(F)c1. The summed E-state index contributed by atoms with van der Waals surface area (Å²) < 4.78 is 13.9. The van der Waals surface area contributed by atoms with Gasteiger partial charge in [-0.2, -0.15) is 0 Å². The second-order valence-electron chi connectivity index (χ2n) is 3.46. The van der Waals surface area contributed by atoms with Crippen molar-refractivity contribution in [1.82, 2.24) is 9.94 Å². The number of benzene rings is 1. The van der Waals surface area contributed by atoms with Gasteiger partial charge in [0.05, 0.1) is 16.0 Å². The Balaban J connectivity index is 2.09. The van der Waals surface area contributed by atoms with E-state index in [4.69, 9.17) is 4.84 Å². The summed E-state index contributed by atoms with van der Waals surface area (Å²) in [6.07, 6.45) is 2.45. The highest BCUT2D eigenvalue weighted by atomic mass is 127. The third-order valence-corrected chi connectivity index (χ3v) is 2.73. The van der Waals surface area contributed by atoms with Gasteiger partial charge in [0, 0.05) is 12.7 Å². The maximum absolute atomic E-state index is 13.0. The van der Waals surface area contributed by atoms with Crippen LogP contribution < -0.4 is 9.74 Å². The average Bonchev–Trinajstić information content (AvgIpc) is 2.73. The maximum Gasteiger partial charge on any atom is 0.440 e. The Morgan fingerprint density at radius 1 is 1.56 bits per heavy atom. The van der Waals surface area contributed by atoms with Crippen LogP contribution in [-0.2, 0) is 0 Å². The lowest BCUT2D eigenvalue weighted by Crippen LogP contribution is -2.34. The van der Waals surface area contributed by atoms with E-state index in [0.717, 1.165) is 8.42 Å². The molecular weight excluding hydrogens is 352 g/mol. The molecule has 0 saturated heterocycles. The molecule has 2 rings (SSSR count). The first kappa shape index (κ1) is 12.8. The zero-order valence-electron chi connectivity index (χ0n) is 9.38. The van der Waals surface area contributed by atoms with Crippen molar-refractivity contribution >= 4 is 34.4 Å². The topological polar surface area (TPSA) is 47.4 Å². The molecule has 0 saturated carbocycles. The van der Waals surface area contributed by atoms with Crippen LogP contribution >= 0.6 is 22.6 Å². The molecular formula is C11H9FIN3O2. The Bertz CT molecular complexity index is 573. The van der Waals surface area contributed by atoms with Gasteiger partial charge in [0.15, 0.2) is 0 Å². The molecule has 0 aliphatic rings. The first-order valence-electron chi connectivity index (χ1n) is 4.98. The van der Waals surface area contributed by atoms with Crippen LogP contribution in [-0.4, -0.2) is 23.1 Å². The van der Waals surface area contributed by atoms with Crippen molar-refractivity contribution in [1.29, 1.82) is 0 Å². The van der Waals surface area contributed by atoms with Gasteiger partial charge in [-0.15, -0.1) is 5.10 Å². The first-order chi connectivity index (χ1) is 8.56. The lowest BCUT2D eigenvalue weighted by atomic mass is 10.3. The molecule has 5 nitrogen and oxygen atoms in total. The lowest BCUT2D eigenvalue weighted by Gasteiger charge is -2.15. The lowest BCUT2D eigenvalue weighted by molar-refractivity contribution is 0.124. The number of nitrogens with zero attached hydrogens (tertiary/aromatic N) is 3. The standard InChI is InChI=1S/C11H9FIN3O2/c1-15(10-4-2-3-8(12)5-10)11(17)18-16-7-9(13)6-14-16/h2-7H,1H3. The minimum absolute atomic E-state index is 0.404. The summed E-state index contributed by atoms with van der Waals surface area (Å²) in [4.78, 5) is 19.0. The molecule has 1 heterocycles. The third kappa shape index (κ3) is 2.97. The minimum Gasteiger partial charge on any atom is -0.299 e. The molecule has 0 aliphatic heterocycles. The van der Waals surface area contributed by atoms with Gasteiger partial charge in [-0.25, -0.2) is 9.18 Å². The van der Waals surface area contributed by atoms with Crippen molar-refractivity contribution in [2.75, 3.05) is 11.9 Å². The van der Waals surface area contributed by atoms with E-state index >= 15 is 0 Å². The van der Waals surface area contributed by atoms with Gasteiger partial charge in [-0.3, -0.25) is 9.74 Å². The number of carbonyl (C=O) groups excluding carboxylic acids is 1. The third-order valence-electron chi connectivity index (χ3n) is 2.17. The normalized spacial score (nSPS) is 10.2. The Morgan fingerprint density at radius 2 is 2.33 bits per heavy atom. The van der Waals surface area contributed by atoms with Crippen molar-refractivity contribution in [3.8, 4) is 0 Å². The van der Waals surface area contributed by atoms with Crippen LogP contribution in [0.2, 0.25) is 0 Å².